The number of aliphatic hydroxyl groups excluding tert-OH is 1. The molecular weight excluding hydrogens is 438 g/mol. The number of nitrogens with zero attached hydrogens (tertiary/aromatic N) is 3. The zero-order chi connectivity index (χ0) is 24.6. The number of non-ortho nitro benzene ring substituents is 1. The van der Waals surface area contributed by atoms with Gasteiger partial charge in [0.2, 0.25) is 0 Å². The van der Waals surface area contributed by atoms with Crippen LogP contribution < -0.4 is 0 Å². The molecule has 9 heteroatoms. The van der Waals surface area contributed by atoms with Gasteiger partial charge in [-0.1, -0.05) is 42.5 Å². The molecule has 34 heavy (non-hydrogen) atoms. The van der Waals surface area contributed by atoms with Crippen molar-refractivity contribution in [3.63, 3.8) is 0 Å². The molecular formula is C25H23N3O6. The van der Waals surface area contributed by atoms with Crippen LogP contribution in [0.1, 0.15) is 17.2 Å². The van der Waals surface area contributed by atoms with Crippen molar-refractivity contribution in [1.82, 2.24) is 9.80 Å². The minimum atomic E-state index is -1.05. The van der Waals surface area contributed by atoms with Crippen molar-refractivity contribution in [2.45, 2.75) is 6.04 Å². The number of nitro benzene ring substituents is 1. The minimum Gasteiger partial charge on any atom is -0.507 e. The van der Waals surface area contributed by atoms with Crippen molar-refractivity contribution < 1.29 is 24.7 Å². The fourth-order valence-corrected chi connectivity index (χ4v) is 4.16. The van der Waals surface area contributed by atoms with Gasteiger partial charge in [-0.15, -0.1) is 0 Å². The zero-order valence-corrected chi connectivity index (χ0v) is 18.6. The summed E-state index contributed by atoms with van der Waals surface area (Å²) in [5.74, 6) is -2.50. The molecule has 1 saturated heterocycles. The number of hydrogen-bond acceptors (Lipinski definition) is 7. The van der Waals surface area contributed by atoms with Crippen LogP contribution in [0, 0.1) is 10.1 Å². The Morgan fingerprint density at radius 3 is 2.53 bits per heavy atom. The quantitative estimate of drug-likeness (QED) is 0.189. The molecule has 0 radical (unpaired) electrons. The number of likely N-dealkylation sites (N-methyl/N-ethyl adjacent to an activating group) is 1. The van der Waals surface area contributed by atoms with E-state index in [-0.39, 0.29) is 29.1 Å². The summed E-state index contributed by atoms with van der Waals surface area (Å²) in [5, 5.41) is 34.6. The number of hydrogen-bond donors (Lipinski definition) is 2. The highest BCUT2D eigenvalue weighted by Gasteiger charge is 2.46. The lowest BCUT2D eigenvalue weighted by Crippen LogP contribution is -2.35. The molecule has 1 aliphatic heterocycles. The number of phenols is 1. The first-order chi connectivity index (χ1) is 16.2. The zero-order valence-electron chi connectivity index (χ0n) is 18.6. The van der Waals surface area contributed by atoms with E-state index < -0.39 is 28.4 Å². The molecule has 0 saturated carbocycles. The number of likely N-dealkylation sites (tertiary alicyclic amines) is 1. The van der Waals surface area contributed by atoms with Crippen LogP contribution in [-0.4, -0.2) is 63.8 Å². The summed E-state index contributed by atoms with van der Waals surface area (Å²) < 4.78 is 0. The van der Waals surface area contributed by atoms with E-state index in [0.717, 1.165) is 5.39 Å². The standard InChI is InChI=1S/C25H23N3O6/c1-26(2)12-13-27-21(16-7-5-8-17(14-16)28(33)34)20(24(31)25(27)32)23(30)19-11-10-15-6-3-4-9-18(15)22(19)29/h3-11,14,21,29-30H,12-13H2,1-2H3/t21-/m1/s1. The smallest absolute Gasteiger partial charge is 0.295 e. The Hall–Kier alpha value is -4.24. The molecule has 0 unspecified atom stereocenters. The fourth-order valence-electron chi connectivity index (χ4n) is 4.16. The maximum Gasteiger partial charge on any atom is 0.295 e. The molecule has 0 aromatic heterocycles. The predicted octanol–water partition coefficient (Wildman–Crippen LogP) is 3.44. The summed E-state index contributed by atoms with van der Waals surface area (Å²) in [6.45, 7) is 0.588. The third-order valence-corrected chi connectivity index (χ3v) is 5.88. The lowest BCUT2D eigenvalue weighted by Gasteiger charge is -2.26. The van der Waals surface area contributed by atoms with Crippen LogP contribution in [0.25, 0.3) is 16.5 Å². The van der Waals surface area contributed by atoms with E-state index in [1.54, 1.807) is 36.4 Å². The van der Waals surface area contributed by atoms with Crippen LogP contribution in [0.15, 0.2) is 66.2 Å². The van der Waals surface area contributed by atoms with Crippen molar-refractivity contribution in [3.8, 4) is 5.75 Å². The Kier molecular flexibility index (Phi) is 6.04. The van der Waals surface area contributed by atoms with E-state index in [2.05, 4.69) is 0 Å². The first kappa shape index (κ1) is 22.9. The van der Waals surface area contributed by atoms with Gasteiger partial charge in [0, 0.05) is 30.6 Å². The number of aromatic hydroxyl groups is 1. The van der Waals surface area contributed by atoms with Crippen molar-refractivity contribution in [1.29, 1.82) is 0 Å². The van der Waals surface area contributed by atoms with Gasteiger partial charge in [0.1, 0.15) is 11.5 Å². The van der Waals surface area contributed by atoms with E-state index in [1.165, 1.54) is 29.2 Å². The second-order valence-electron chi connectivity index (χ2n) is 8.33. The molecule has 3 aromatic rings. The second kappa shape index (κ2) is 8.95. The van der Waals surface area contributed by atoms with Crippen LogP contribution in [0.5, 0.6) is 5.75 Å². The SMILES string of the molecule is CN(C)CCN1C(=O)C(=O)C(=C(O)c2ccc3ccccc3c2O)[C@H]1c1cccc([N+](=O)[O-])c1. The van der Waals surface area contributed by atoms with Crippen LogP contribution in [0.2, 0.25) is 0 Å². The monoisotopic (exact) mass is 461 g/mol. The third kappa shape index (κ3) is 3.97. The molecule has 1 atom stereocenters. The maximum absolute atomic E-state index is 13.1. The predicted molar refractivity (Wildman–Crippen MR) is 126 cm³/mol. The maximum atomic E-state index is 13.1. The van der Waals surface area contributed by atoms with Gasteiger partial charge in [0.05, 0.1) is 22.1 Å². The Morgan fingerprint density at radius 2 is 1.82 bits per heavy atom. The van der Waals surface area contributed by atoms with Crippen molar-refractivity contribution in [3.05, 3.63) is 87.5 Å². The molecule has 9 nitrogen and oxygen atoms in total. The highest BCUT2D eigenvalue weighted by Crippen LogP contribution is 2.42. The largest absolute Gasteiger partial charge is 0.507 e. The van der Waals surface area contributed by atoms with E-state index in [9.17, 15) is 29.9 Å². The summed E-state index contributed by atoms with van der Waals surface area (Å²) in [5.41, 5.74) is -0.118. The van der Waals surface area contributed by atoms with E-state index in [4.69, 9.17) is 0 Å². The summed E-state index contributed by atoms with van der Waals surface area (Å²) in [6.07, 6.45) is 0. The lowest BCUT2D eigenvalue weighted by molar-refractivity contribution is -0.384. The summed E-state index contributed by atoms with van der Waals surface area (Å²) in [7, 11) is 3.62. The number of ketones is 1. The number of aliphatic hydroxyl groups is 1. The highest BCUT2D eigenvalue weighted by molar-refractivity contribution is 6.46. The molecule has 1 amide bonds. The summed E-state index contributed by atoms with van der Waals surface area (Å²) in [4.78, 5) is 40.0. The van der Waals surface area contributed by atoms with Crippen molar-refractivity contribution >= 4 is 33.9 Å². The number of nitro groups is 1. The Morgan fingerprint density at radius 1 is 1.09 bits per heavy atom. The molecule has 0 spiro atoms. The first-order valence-electron chi connectivity index (χ1n) is 10.6. The van der Waals surface area contributed by atoms with Crippen LogP contribution in [0.4, 0.5) is 5.69 Å². The van der Waals surface area contributed by atoms with Gasteiger partial charge in [-0.2, -0.15) is 0 Å². The average Bonchev–Trinajstić information content (AvgIpc) is 3.07. The number of phenolic OH excluding ortho intramolecular Hbond substituents is 1. The Labute approximate surface area is 195 Å². The fraction of sp³-hybridized carbons (Fsp3) is 0.200. The van der Waals surface area contributed by atoms with Gasteiger partial charge < -0.3 is 20.0 Å². The van der Waals surface area contributed by atoms with Crippen LogP contribution in [-0.2, 0) is 9.59 Å². The molecule has 0 bridgehead atoms. The van der Waals surface area contributed by atoms with E-state index in [0.29, 0.717) is 17.5 Å². The van der Waals surface area contributed by atoms with Crippen LogP contribution in [0.3, 0.4) is 0 Å². The van der Waals surface area contributed by atoms with Gasteiger partial charge in [0.15, 0.2) is 0 Å². The molecule has 1 heterocycles. The Bertz CT molecular complexity index is 1350. The van der Waals surface area contributed by atoms with Gasteiger partial charge in [-0.3, -0.25) is 19.7 Å². The number of fused-ring (bicyclic) bond motifs is 1. The normalized spacial score (nSPS) is 17.6. The summed E-state index contributed by atoms with van der Waals surface area (Å²) >= 11 is 0. The topological polar surface area (TPSA) is 124 Å². The molecule has 0 aliphatic carbocycles. The molecule has 3 aromatic carbocycles. The molecule has 2 N–H and O–H groups in total. The molecule has 1 aliphatic rings. The van der Waals surface area contributed by atoms with Crippen molar-refractivity contribution in [2.75, 3.05) is 27.2 Å². The number of benzene rings is 3. The average molecular weight is 461 g/mol. The van der Waals surface area contributed by atoms with Gasteiger partial charge in [-0.25, -0.2) is 0 Å². The molecule has 174 valence electrons. The molecule has 4 rings (SSSR count). The third-order valence-electron chi connectivity index (χ3n) is 5.88. The van der Waals surface area contributed by atoms with Gasteiger partial charge >= 0.3 is 0 Å². The lowest BCUT2D eigenvalue weighted by atomic mass is 9.93. The van der Waals surface area contributed by atoms with E-state index in [1.807, 2.05) is 19.0 Å². The number of rotatable bonds is 6. The highest BCUT2D eigenvalue weighted by atomic mass is 16.6. The van der Waals surface area contributed by atoms with Gasteiger partial charge in [-0.05, 0) is 31.1 Å². The summed E-state index contributed by atoms with van der Waals surface area (Å²) in [6, 6.07) is 14.8. The van der Waals surface area contributed by atoms with Gasteiger partial charge in [0.25, 0.3) is 17.4 Å². The number of carbonyl (C=O) groups is 2. The van der Waals surface area contributed by atoms with Crippen molar-refractivity contribution in [2.24, 2.45) is 0 Å². The Balaban J connectivity index is 1.93. The minimum absolute atomic E-state index is 0.000240. The first-order valence-corrected chi connectivity index (χ1v) is 10.6. The molecule has 1 fully saturated rings. The number of Topliss-reactive ketones (excluding diaryl/α,β-unsaturated/α-hetero) is 1. The van der Waals surface area contributed by atoms with Crippen LogP contribution >= 0.6 is 0 Å². The number of carbonyl (C=O) groups excluding carboxylic acids is 2. The second-order valence-corrected chi connectivity index (χ2v) is 8.33. The van der Waals surface area contributed by atoms with E-state index >= 15 is 0 Å². The number of amides is 1.